The molecule has 0 aliphatic rings. The Labute approximate surface area is 363 Å². The fourth-order valence-electron chi connectivity index (χ4n) is 6.92. The van der Waals surface area contributed by atoms with E-state index in [4.69, 9.17) is 19.2 Å². The van der Waals surface area contributed by atoms with Crippen LogP contribution in [0.2, 0.25) is 0 Å². The minimum atomic E-state index is -5.39. The van der Waals surface area contributed by atoms with Crippen LogP contribution in [0.5, 0.6) is 0 Å². The van der Waals surface area contributed by atoms with Crippen molar-refractivity contribution in [2.75, 3.05) is 19.6 Å². The lowest BCUT2D eigenvalue weighted by Crippen LogP contribution is -2.82. The van der Waals surface area contributed by atoms with Gasteiger partial charge in [-0.05, 0) is 38.5 Å². The van der Waals surface area contributed by atoms with Gasteiger partial charge in [-0.3, -0.25) is 0 Å². The Morgan fingerprint density at radius 1 is 0.339 bits per heavy atom. The van der Waals surface area contributed by atoms with Crippen molar-refractivity contribution in [2.24, 2.45) is 0 Å². The monoisotopic (exact) mass is 840 g/mol. The maximum Gasteiger partial charge on any atom is 0.101 e. The predicted octanol–water partition coefficient (Wildman–Crippen LogP) is 8.85. The van der Waals surface area contributed by atoms with Crippen LogP contribution in [-0.4, -0.2) is 19.6 Å². The Balaban J connectivity index is 0.000000807. The second kappa shape index (κ2) is 45.2. The van der Waals surface area contributed by atoms with Gasteiger partial charge in [0.25, 0.3) is 0 Å². The smallest absolute Gasteiger partial charge is 0.101 e. The van der Waals surface area contributed by atoms with Crippen LogP contribution in [0.1, 0.15) is 192 Å². The fraction of sp³-hybridized carbons (Fsp3) is 0.647. The standard InChI is InChI=1S/3C17H29N.H3O4P/c3*1-2-3-4-5-6-7-8-12-15-18-16-17-13-10-9-11-14-17;1-5(2,3)4/h3*9-11,13-14,18H,2-8,12,15-16H2,1H3;(H3,1,2,3,4). The summed E-state index contributed by atoms with van der Waals surface area (Å²) in [6.07, 6.45) is 34.0. The van der Waals surface area contributed by atoms with Crippen molar-refractivity contribution in [3.63, 3.8) is 0 Å². The first kappa shape index (κ1) is 56.6. The van der Waals surface area contributed by atoms with E-state index >= 15 is 0 Å². The van der Waals surface area contributed by atoms with Crippen LogP contribution in [0, 0.1) is 0 Å². The van der Waals surface area contributed by atoms with Gasteiger partial charge in [0.2, 0.25) is 0 Å². The van der Waals surface area contributed by atoms with Gasteiger partial charge in [-0.2, -0.15) is 7.82 Å². The average Bonchev–Trinajstić information content (AvgIpc) is 3.24. The SMILES string of the molecule is CCCCCCCCCC[NH2+]Cc1ccccc1.CCCCCCCCCC[NH2+]Cc1ccccc1.CCCCCCCCCC[NH2+]Cc1ccccc1.O=P([O-])([O-])[O-]. The molecule has 0 spiro atoms. The van der Waals surface area contributed by atoms with Crippen LogP contribution in [-0.2, 0) is 24.2 Å². The Hall–Kier alpha value is -2.35. The summed E-state index contributed by atoms with van der Waals surface area (Å²) in [6, 6.07) is 32.3. The van der Waals surface area contributed by atoms with Crippen molar-refractivity contribution in [3.8, 4) is 0 Å². The maximum atomic E-state index is 8.55. The highest BCUT2D eigenvalue weighted by atomic mass is 31.2. The molecule has 338 valence electrons. The molecule has 0 bridgehead atoms. The molecule has 0 aliphatic carbocycles. The van der Waals surface area contributed by atoms with Gasteiger partial charge in [-0.15, -0.1) is 0 Å². The predicted molar refractivity (Wildman–Crippen MR) is 246 cm³/mol. The minimum Gasteiger partial charge on any atom is -0.822 e. The van der Waals surface area contributed by atoms with E-state index in [1.165, 1.54) is 190 Å². The largest absolute Gasteiger partial charge is 0.822 e. The lowest BCUT2D eigenvalue weighted by Gasteiger charge is -2.36. The molecular formula is C51H90N3O4P. The number of quaternary nitrogens is 3. The Kier molecular flexibility index (Phi) is 43.4. The summed E-state index contributed by atoms with van der Waals surface area (Å²) >= 11 is 0. The zero-order valence-electron chi connectivity index (χ0n) is 38.2. The molecule has 0 aliphatic heterocycles. The molecule has 59 heavy (non-hydrogen) atoms. The van der Waals surface area contributed by atoms with Crippen LogP contribution in [0.15, 0.2) is 91.0 Å². The molecule has 0 saturated carbocycles. The number of benzene rings is 3. The topological polar surface area (TPSA) is 136 Å². The Morgan fingerprint density at radius 3 is 0.729 bits per heavy atom. The van der Waals surface area contributed by atoms with Crippen molar-refractivity contribution >= 4 is 7.82 Å². The number of nitrogens with two attached hydrogens (primary N) is 3. The molecule has 8 heteroatoms. The third-order valence-electron chi connectivity index (χ3n) is 10.5. The summed E-state index contributed by atoms with van der Waals surface area (Å²) in [7, 11) is -5.39. The van der Waals surface area contributed by atoms with E-state index in [1.807, 2.05) is 0 Å². The third kappa shape index (κ3) is 48.2. The molecule has 0 amide bonds. The number of rotatable bonds is 33. The van der Waals surface area contributed by atoms with Crippen molar-refractivity contribution in [2.45, 2.75) is 195 Å². The molecule has 3 aromatic carbocycles. The minimum absolute atomic E-state index is 1.14. The van der Waals surface area contributed by atoms with Crippen molar-refractivity contribution in [1.29, 1.82) is 0 Å². The molecule has 0 saturated heterocycles. The van der Waals surface area contributed by atoms with Gasteiger partial charge < -0.3 is 35.2 Å². The molecule has 0 fully saturated rings. The fourth-order valence-corrected chi connectivity index (χ4v) is 6.92. The first-order valence-corrected chi connectivity index (χ1v) is 25.6. The molecule has 0 atom stereocenters. The summed E-state index contributed by atoms with van der Waals surface area (Å²) in [5.74, 6) is 0. The maximum absolute atomic E-state index is 8.55. The first-order chi connectivity index (χ1) is 28.8. The molecule has 6 N–H and O–H groups in total. The molecule has 3 aromatic rings. The molecule has 0 aromatic heterocycles. The van der Waals surface area contributed by atoms with Gasteiger partial charge in [0.15, 0.2) is 0 Å². The number of hydrogen-bond acceptors (Lipinski definition) is 4. The first-order valence-electron chi connectivity index (χ1n) is 24.1. The van der Waals surface area contributed by atoms with E-state index in [2.05, 4.69) is 128 Å². The van der Waals surface area contributed by atoms with Crippen LogP contribution < -0.4 is 30.6 Å². The molecule has 0 heterocycles. The number of phosphoric acid groups is 1. The van der Waals surface area contributed by atoms with E-state index in [9.17, 15) is 0 Å². The Morgan fingerprint density at radius 2 is 0.525 bits per heavy atom. The number of unbranched alkanes of at least 4 members (excludes halogenated alkanes) is 21. The second-order valence-corrected chi connectivity index (χ2v) is 17.1. The highest BCUT2D eigenvalue weighted by molar-refractivity contribution is 7.40. The third-order valence-corrected chi connectivity index (χ3v) is 10.5. The molecular weight excluding hydrogens is 750 g/mol. The van der Waals surface area contributed by atoms with E-state index in [0.29, 0.717) is 0 Å². The van der Waals surface area contributed by atoms with Gasteiger partial charge in [-0.1, -0.05) is 227 Å². The van der Waals surface area contributed by atoms with E-state index in [-0.39, 0.29) is 0 Å². The van der Waals surface area contributed by atoms with Gasteiger partial charge in [0, 0.05) is 16.7 Å². The van der Waals surface area contributed by atoms with Gasteiger partial charge >= 0.3 is 0 Å². The molecule has 0 unspecified atom stereocenters. The molecule has 3 rings (SSSR count). The highest BCUT2D eigenvalue weighted by Crippen LogP contribution is 2.10. The summed E-state index contributed by atoms with van der Waals surface area (Å²) in [5, 5.41) is 7.31. The molecule has 7 nitrogen and oxygen atoms in total. The van der Waals surface area contributed by atoms with Crippen molar-refractivity contribution < 1.29 is 35.2 Å². The summed E-state index contributed by atoms with van der Waals surface area (Å²) in [5.41, 5.74) is 4.33. The quantitative estimate of drug-likeness (QED) is 0.0417. The zero-order chi connectivity index (χ0) is 43.2. The highest BCUT2D eigenvalue weighted by Gasteiger charge is 1.98. The Bertz CT molecular complexity index is 1110. The van der Waals surface area contributed by atoms with Crippen molar-refractivity contribution in [1.82, 2.24) is 0 Å². The average molecular weight is 840 g/mol. The van der Waals surface area contributed by atoms with Gasteiger partial charge in [-0.25, -0.2) is 0 Å². The van der Waals surface area contributed by atoms with Crippen LogP contribution in [0.25, 0.3) is 0 Å². The summed E-state index contributed by atoms with van der Waals surface area (Å²) in [4.78, 5) is 25.6. The van der Waals surface area contributed by atoms with E-state index < -0.39 is 7.82 Å². The zero-order valence-corrected chi connectivity index (χ0v) is 39.1. The van der Waals surface area contributed by atoms with E-state index in [1.54, 1.807) is 0 Å². The van der Waals surface area contributed by atoms with Crippen molar-refractivity contribution in [3.05, 3.63) is 108 Å². The van der Waals surface area contributed by atoms with Crippen LogP contribution in [0.4, 0.5) is 0 Å². The van der Waals surface area contributed by atoms with E-state index in [0.717, 1.165) is 19.6 Å². The van der Waals surface area contributed by atoms with Crippen LogP contribution in [0.3, 0.4) is 0 Å². The number of hydrogen-bond donors (Lipinski definition) is 3. The second-order valence-electron chi connectivity index (χ2n) is 16.2. The molecule has 0 radical (unpaired) electrons. The van der Waals surface area contributed by atoms with Gasteiger partial charge in [0.05, 0.1) is 19.6 Å². The van der Waals surface area contributed by atoms with Crippen LogP contribution >= 0.6 is 7.82 Å². The van der Waals surface area contributed by atoms with Gasteiger partial charge in [0.1, 0.15) is 19.6 Å². The summed E-state index contributed by atoms with van der Waals surface area (Å²) in [6.45, 7) is 14.1. The normalized spacial score (nSPS) is 10.8. The lowest BCUT2D eigenvalue weighted by atomic mass is 10.1. The summed E-state index contributed by atoms with van der Waals surface area (Å²) < 4.78 is 8.55. The lowest BCUT2D eigenvalue weighted by molar-refractivity contribution is -0.671.